The lowest BCUT2D eigenvalue weighted by atomic mass is 10.1. The van der Waals surface area contributed by atoms with Crippen LogP contribution in [0.2, 0.25) is 0 Å². The quantitative estimate of drug-likeness (QED) is 0.555. The number of ether oxygens (including phenoxy) is 2. The van der Waals surface area contributed by atoms with E-state index in [0.29, 0.717) is 31.9 Å². The van der Waals surface area contributed by atoms with E-state index in [1.165, 1.54) is 25.3 Å². The van der Waals surface area contributed by atoms with Gasteiger partial charge in [0.15, 0.2) is 0 Å². The second kappa shape index (κ2) is 9.33. The first-order valence-electron chi connectivity index (χ1n) is 8.47. The van der Waals surface area contributed by atoms with Crippen molar-refractivity contribution in [2.24, 2.45) is 5.92 Å². The number of methoxy groups -OCH3 is 1. The van der Waals surface area contributed by atoms with Crippen LogP contribution < -0.4 is 0 Å². The van der Waals surface area contributed by atoms with Crippen LogP contribution in [0.3, 0.4) is 0 Å². The van der Waals surface area contributed by atoms with Gasteiger partial charge in [0.2, 0.25) is 0 Å². The minimum atomic E-state index is -0.583. The average Bonchev–Trinajstić information content (AvgIpc) is 2.89. The Morgan fingerprint density at radius 3 is 2.52 bits per heavy atom. The van der Waals surface area contributed by atoms with Crippen molar-refractivity contribution < 1.29 is 34.1 Å². The highest BCUT2D eigenvalue weighted by Crippen LogP contribution is 2.22. The molecule has 2 bridgehead atoms. The van der Waals surface area contributed by atoms with Gasteiger partial charge < -0.3 is 24.6 Å². The molecule has 0 saturated carbocycles. The van der Waals surface area contributed by atoms with Gasteiger partial charge in [-0.15, -0.1) is 0 Å². The topological polar surface area (TPSA) is 117 Å². The highest BCUT2D eigenvalue weighted by molar-refractivity contribution is 5.98. The molecule has 2 aliphatic rings. The summed E-state index contributed by atoms with van der Waals surface area (Å²) in [5.41, 5.74) is 0.454. The largest absolute Gasteiger partial charge is 0.508 e. The van der Waals surface area contributed by atoms with Gasteiger partial charge >= 0.3 is 5.97 Å². The lowest BCUT2D eigenvalue weighted by Crippen LogP contribution is -2.44. The maximum Gasteiger partial charge on any atom is 0.338 e. The number of hydrogen-bond acceptors (Lipinski definition) is 7. The zero-order valence-corrected chi connectivity index (χ0v) is 15.3. The van der Waals surface area contributed by atoms with Gasteiger partial charge in [-0.1, -0.05) is 0 Å². The first-order chi connectivity index (χ1) is 12.9. The van der Waals surface area contributed by atoms with E-state index in [2.05, 4.69) is 9.64 Å². The summed E-state index contributed by atoms with van der Waals surface area (Å²) >= 11 is 0. The monoisotopic (exact) mass is 380 g/mol. The number of amides is 1. The Balaban J connectivity index is 0.000000817. The number of likely N-dealkylation sites (N-methyl/N-ethyl adjacent to an activating group) is 1. The molecular formula is C18H24N2O7. The number of carbonyl (C=O) groups is 3. The van der Waals surface area contributed by atoms with E-state index < -0.39 is 5.97 Å². The van der Waals surface area contributed by atoms with Gasteiger partial charge in [-0.2, -0.15) is 0 Å². The SMILES string of the molecule is COC(=O)c1cc(O)cc(C(=O)N2C[C@@H]3COC[C@H](C2)N(C)C3)c1.O=CO. The molecule has 0 aliphatic carbocycles. The number of esters is 1. The third-order valence-corrected chi connectivity index (χ3v) is 4.62. The molecule has 0 unspecified atom stereocenters. The number of phenolic OH excluding ortho intramolecular Hbond substituents is 1. The van der Waals surface area contributed by atoms with Crippen molar-refractivity contribution >= 4 is 18.3 Å². The van der Waals surface area contributed by atoms with Crippen LogP contribution >= 0.6 is 0 Å². The first-order valence-corrected chi connectivity index (χ1v) is 8.47. The fraction of sp³-hybridized carbons (Fsp3) is 0.500. The zero-order chi connectivity index (χ0) is 20.0. The Labute approximate surface area is 157 Å². The third-order valence-electron chi connectivity index (χ3n) is 4.62. The van der Waals surface area contributed by atoms with Crippen LogP contribution in [0, 0.1) is 5.92 Å². The van der Waals surface area contributed by atoms with Crippen molar-refractivity contribution in [3.05, 3.63) is 29.3 Å². The van der Waals surface area contributed by atoms with E-state index >= 15 is 0 Å². The van der Waals surface area contributed by atoms with Gasteiger partial charge in [0.1, 0.15) is 5.75 Å². The molecule has 2 N–H and O–H groups in total. The predicted octanol–water partition coefficient (Wildman–Crippen LogP) is 0.282. The molecule has 2 saturated heterocycles. The third kappa shape index (κ3) is 5.18. The van der Waals surface area contributed by atoms with Crippen LogP contribution in [0.5, 0.6) is 5.75 Å². The number of fused-ring (bicyclic) bond motifs is 3. The molecule has 2 aliphatic heterocycles. The minimum Gasteiger partial charge on any atom is -0.508 e. The summed E-state index contributed by atoms with van der Waals surface area (Å²) in [4.78, 5) is 37.0. The van der Waals surface area contributed by atoms with Crippen LogP contribution in [-0.4, -0.2) is 91.4 Å². The van der Waals surface area contributed by atoms with Gasteiger partial charge in [-0.05, 0) is 25.2 Å². The van der Waals surface area contributed by atoms with Gasteiger partial charge in [-0.3, -0.25) is 14.5 Å². The average molecular weight is 380 g/mol. The summed E-state index contributed by atoms with van der Waals surface area (Å²) in [6, 6.07) is 4.30. The molecular weight excluding hydrogens is 356 g/mol. The zero-order valence-electron chi connectivity index (χ0n) is 15.3. The van der Waals surface area contributed by atoms with E-state index in [-0.39, 0.29) is 35.7 Å². The van der Waals surface area contributed by atoms with Crippen molar-refractivity contribution in [1.29, 1.82) is 0 Å². The highest BCUT2D eigenvalue weighted by Gasteiger charge is 2.33. The highest BCUT2D eigenvalue weighted by atomic mass is 16.5. The lowest BCUT2D eigenvalue weighted by Gasteiger charge is -2.30. The van der Waals surface area contributed by atoms with Crippen LogP contribution in [0.15, 0.2) is 18.2 Å². The summed E-state index contributed by atoms with van der Waals surface area (Å²) < 4.78 is 10.3. The Hall–Kier alpha value is -2.65. The van der Waals surface area contributed by atoms with Gasteiger partial charge in [0.25, 0.3) is 12.4 Å². The molecule has 3 rings (SSSR count). The Morgan fingerprint density at radius 1 is 1.19 bits per heavy atom. The number of benzene rings is 1. The van der Waals surface area contributed by atoms with Gasteiger partial charge in [0, 0.05) is 31.1 Å². The van der Waals surface area contributed by atoms with Crippen LogP contribution in [-0.2, 0) is 14.3 Å². The second-order valence-corrected chi connectivity index (χ2v) is 6.57. The molecule has 2 heterocycles. The van der Waals surface area contributed by atoms with Crippen molar-refractivity contribution in [3.8, 4) is 5.75 Å². The molecule has 9 nitrogen and oxygen atoms in total. The van der Waals surface area contributed by atoms with Crippen LogP contribution in [0.4, 0.5) is 0 Å². The summed E-state index contributed by atoms with van der Waals surface area (Å²) in [6.45, 7) is 3.04. The number of hydrogen-bond donors (Lipinski definition) is 2. The standard InChI is InChI=1S/C17H22N2O5.CH2O2/c1-18-6-11-7-19(8-14(18)10-24-9-11)16(21)12-3-13(17(22)23-2)5-15(20)4-12;2-1-3/h3-5,11,14,20H,6-10H2,1-2H3;1H,(H,2,3)/t11-,14+;/m1./s1. The number of phenols is 1. The number of nitrogens with zero attached hydrogens (tertiary/aromatic N) is 2. The van der Waals surface area contributed by atoms with E-state index in [1.54, 1.807) is 4.90 Å². The second-order valence-electron chi connectivity index (χ2n) is 6.57. The maximum atomic E-state index is 12.9. The normalized spacial score (nSPS) is 22.1. The molecule has 2 fully saturated rings. The molecule has 2 atom stereocenters. The molecule has 1 aromatic carbocycles. The fourth-order valence-electron chi connectivity index (χ4n) is 3.37. The summed E-state index contributed by atoms with van der Waals surface area (Å²) in [7, 11) is 3.31. The number of carboxylic acid groups (broad SMARTS) is 1. The van der Waals surface area contributed by atoms with Gasteiger partial charge in [-0.25, -0.2) is 4.79 Å². The maximum absolute atomic E-state index is 12.9. The summed E-state index contributed by atoms with van der Waals surface area (Å²) in [5.74, 6) is -0.648. The molecule has 0 radical (unpaired) electrons. The van der Waals surface area contributed by atoms with Crippen LogP contribution in [0.25, 0.3) is 0 Å². The molecule has 0 spiro atoms. The molecule has 0 aromatic heterocycles. The molecule has 148 valence electrons. The van der Waals surface area contributed by atoms with E-state index in [1.807, 2.05) is 7.05 Å². The first kappa shape index (κ1) is 20.7. The van der Waals surface area contributed by atoms with E-state index in [4.69, 9.17) is 14.6 Å². The number of aromatic hydroxyl groups is 1. The lowest BCUT2D eigenvalue weighted by molar-refractivity contribution is -0.122. The molecule has 1 amide bonds. The van der Waals surface area contributed by atoms with Crippen molar-refractivity contribution in [1.82, 2.24) is 9.80 Å². The van der Waals surface area contributed by atoms with E-state index in [0.717, 1.165) is 6.54 Å². The molecule has 9 heteroatoms. The van der Waals surface area contributed by atoms with Crippen molar-refractivity contribution in [2.75, 3.05) is 47.0 Å². The van der Waals surface area contributed by atoms with Crippen molar-refractivity contribution in [3.63, 3.8) is 0 Å². The Morgan fingerprint density at radius 2 is 1.85 bits per heavy atom. The fourth-order valence-corrected chi connectivity index (χ4v) is 3.37. The smallest absolute Gasteiger partial charge is 0.338 e. The number of carbonyl (C=O) groups excluding carboxylic acids is 2. The minimum absolute atomic E-state index is 0.128. The van der Waals surface area contributed by atoms with Gasteiger partial charge in [0.05, 0.1) is 31.9 Å². The van der Waals surface area contributed by atoms with E-state index in [9.17, 15) is 14.7 Å². The Bertz CT molecular complexity index is 694. The molecule has 1 aromatic rings. The van der Waals surface area contributed by atoms with Crippen molar-refractivity contribution in [2.45, 2.75) is 6.04 Å². The predicted molar refractivity (Wildman–Crippen MR) is 94.8 cm³/mol. The summed E-state index contributed by atoms with van der Waals surface area (Å²) in [5, 5.41) is 16.7. The Kier molecular flexibility index (Phi) is 7.14. The number of rotatable bonds is 2. The summed E-state index contributed by atoms with van der Waals surface area (Å²) in [6.07, 6.45) is 0. The molecule has 27 heavy (non-hydrogen) atoms. The van der Waals surface area contributed by atoms with Crippen LogP contribution in [0.1, 0.15) is 20.7 Å².